The van der Waals surface area contributed by atoms with E-state index >= 15 is 0 Å². The first-order valence-electron chi connectivity index (χ1n) is 6.02. The van der Waals surface area contributed by atoms with Crippen molar-refractivity contribution in [2.75, 3.05) is 13.2 Å². The Balaban J connectivity index is 3.53. The molecule has 3 heteroatoms. The van der Waals surface area contributed by atoms with Crippen LogP contribution in [-0.4, -0.2) is 24.3 Å². The molecule has 0 amide bonds. The number of unbranched alkanes of at least 4 members (excludes halogenated alkanes) is 2. The Labute approximate surface area is 92.8 Å². The average molecular weight is 216 g/mol. The van der Waals surface area contributed by atoms with Gasteiger partial charge in [-0.25, -0.2) is 0 Å². The van der Waals surface area contributed by atoms with E-state index in [0.717, 1.165) is 38.7 Å². The topological polar surface area (TPSA) is 46.5 Å². The van der Waals surface area contributed by atoms with E-state index in [1.807, 2.05) is 0 Å². The molecule has 0 fully saturated rings. The van der Waals surface area contributed by atoms with Crippen LogP contribution in [0.25, 0.3) is 0 Å². The third-order valence-electron chi connectivity index (χ3n) is 2.51. The zero-order valence-corrected chi connectivity index (χ0v) is 10.00. The molecule has 0 aromatic heterocycles. The second-order valence-electron chi connectivity index (χ2n) is 3.93. The third-order valence-corrected chi connectivity index (χ3v) is 2.51. The largest absolute Gasteiger partial charge is 0.481 e. The van der Waals surface area contributed by atoms with Crippen molar-refractivity contribution < 1.29 is 14.6 Å². The Morgan fingerprint density at radius 1 is 1.13 bits per heavy atom. The van der Waals surface area contributed by atoms with Crippen LogP contribution in [0.5, 0.6) is 0 Å². The number of aliphatic carboxylic acids is 1. The van der Waals surface area contributed by atoms with Gasteiger partial charge in [0.05, 0.1) is 5.92 Å². The Kier molecular flexibility index (Phi) is 9.59. The standard InChI is InChI=1S/C12H24O3/c1-3-5-7-11(12(13)14)8-10-15-9-6-4-2/h11H,3-10H2,1-2H3,(H,13,14). The first-order valence-corrected chi connectivity index (χ1v) is 6.02. The molecule has 3 nitrogen and oxygen atoms in total. The van der Waals surface area contributed by atoms with Gasteiger partial charge >= 0.3 is 5.97 Å². The van der Waals surface area contributed by atoms with Crippen LogP contribution in [0.4, 0.5) is 0 Å². The molecule has 1 N–H and O–H groups in total. The lowest BCUT2D eigenvalue weighted by atomic mass is 9.99. The van der Waals surface area contributed by atoms with Crippen LogP contribution in [0, 0.1) is 5.92 Å². The molecule has 0 radical (unpaired) electrons. The third kappa shape index (κ3) is 8.43. The van der Waals surface area contributed by atoms with Crippen molar-refractivity contribution in [3.63, 3.8) is 0 Å². The summed E-state index contributed by atoms with van der Waals surface area (Å²) in [4.78, 5) is 10.9. The van der Waals surface area contributed by atoms with E-state index in [1.165, 1.54) is 0 Å². The van der Waals surface area contributed by atoms with Gasteiger partial charge in [-0.15, -0.1) is 0 Å². The lowest BCUT2D eigenvalue weighted by Gasteiger charge is -2.11. The van der Waals surface area contributed by atoms with Gasteiger partial charge in [0.2, 0.25) is 0 Å². The number of carboxylic acid groups (broad SMARTS) is 1. The predicted octanol–water partition coefficient (Wildman–Crippen LogP) is 3.08. The fraction of sp³-hybridized carbons (Fsp3) is 0.917. The molecule has 0 aromatic carbocycles. The van der Waals surface area contributed by atoms with Gasteiger partial charge in [-0.3, -0.25) is 4.79 Å². The van der Waals surface area contributed by atoms with Crippen molar-refractivity contribution in [1.29, 1.82) is 0 Å². The molecule has 0 saturated heterocycles. The number of carbonyl (C=O) groups is 1. The predicted molar refractivity (Wildman–Crippen MR) is 61.0 cm³/mol. The molecule has 1 atom stereocenters. The number of carboxylic acids is 1. The summed E-state index contributed by atoms with van der Waals surface area (Å²) < 4.78 is 5.37. The van der Waals surface area contributed by atoms with E-state index in [9.17, 15) is 4.79 Å². The highest BCUT2D eigenvalue weighted by atomic mass is 16.5. The van der Waals surface area contributed by atoms with E-state index in [0.29, 0.717) is 13.0 Å². The molecule has 1 unspecified atom stereocenters. The molecule has 0 spiro atoms. The van der Waals surface area contributed by atoms with Crippen LogP contribution in [0.15, 0.2) is 0 Å². The molecule has 0 heterocycles. The summed E-state index contributed by atoms with van der Waals surface area (Å²) in [5, 5.41) is 8.95. The van der Waals surface area contributed by atoms with Gasteiger partial charge in [-0.1, -0.05) is 33.1 Å². The first-order chi connectivity index (χ1) is 7.22. The zero-order chi connectivity index (χ0) is 11.5. The summed E-state index contributed by atoms with van der Waals surface area (Å²) in [5.41, 5.74) is 0. The van der Waals surface area contributed by atoms with Crippen molar-refractivity contribution in [3.05, 3.63) is 0 Å². The first kappa shape index (κ1) is 14.4. The normalized spacial score (nSPS) is 12.7. The second-order valence-corrected chi connectivity index (χ2v) is 3.93. The van der Waals surface area contributed by atoms with E-state index in [1.54, 1.807) is 0 Å². The Hall–Kier alpha value is -0.570. The maximum Gasteiger partial charge on any atom is 0.306 e. The lowest BCUT2D eigenvalue weighted by Crippen LogP contribution is -2.16. The van der Waals surface area contributed by atoms with E-state index < -0.39 is 5.97 Å². The minimum Gasteiger partial charge on any atom is -0.481 e. The Morgan fingerprint density at radius 2 is 1.80 bits per heavy atom. The van der Waals surface area contributed by atoms with Gasteiger partial charge < -0.3 is 9.84 Å². The molecule has 0 aliphatic carbocycles. The van der Waals surface area contributed by atoms with Gasteiger partial charge in [0.1, 0.15) is 0 Å². The summed E-state index contributed by atoms with van der Waals surface area (Å²) in [6.45, 7) is 5.54. The van der Waals surface area contributed by atoms with Crippen molar-refractivity contribution in [2.24, 2.45) is 5.92 Å². The molecule has 0 saturated carbocycles. The summed E-state index contributed by atoms with van der Waals surface area (Å²) in [5.74, 6) is -0.894. The van der Waals surface area contributed by atoms with E-state index in [-0.39, 0.29) is 5.92 Å². The lowest BCUT2D eigenvalue weighted by molar-refractivity contribution is -0.142. The second kappa shape index (κ2) is 9.97. The van der Waals surface area contributed by atoms with Crippen LogP contribution in [-0.2, 0) is 9.53 Å². The van der Waals surface area contributed by atoms with Gasteiger partial charge in [0.25, 0.3) is 0 Å². The minimum atomic E-state index is -0.678. The molecule has 0 aromatic rings. The molecule has 0 aliphatic heterocycles. The van der Waals surface area contributed by atoms with Crippen molar-refractivity contribution >= 4 is 5.97 Å². The molecule has 90 valence electrons. The van der Waals surface area contributed by atoms with Crippen molar-refractivity contribution in [1.82, 2.24) is 0 Å². The highest BCUT2D eigenvalue weighted by Gasteiger charge is 2.15. The monoisotopic (exact) mass is 216 g/mol. The number of hydrogen-bond donors (Lipinski definition) is 1. The molecule has 0 rings (SSSR count). The zero-order valence-electron chi connectivity index (χ0n) is 10.00. The van der Waals surface area contributed by atoms with Crippen LogP contribution < -0.4 is 0 Å². The molecular formula is C12H24O3. The van der Waals surface area contributed by atoms with E-state index in [4.69, 9.17) is 9.84 Å². The Bertz CT molecular complexity index is 157. The summed E-state index contributed by atoms with van der Waals surface area (Å²) in [7, 11) is 0. The highest BCUT2D eigenvalue weighted by molar-refractivity contribution is 5.69. The van der Waals surface area contributed by atoms with Gasteiger partial charge in [-0.05, 0) is 19.3 Å². The summed E-state index contributed by atoms with van der Waals surface area (Å²) in [6, 6.07) is 0. The molecular weight excluding hydrogens is 192 g/mol. The van der Waals surface area contributed by atoms with Crippen molar-refractivity contribution in [3.8, 4) is 0 Å². The molecule has 0 aliphatic rings. The van der Waals surface area contributed by atoms with Crippen LogP contribution in [0.2, 0.25) is 0 Å². The maximum absolute atomic E-state index is 10.9. The summed E-state index contributed by atoms with van der Waals surface area (Å²) >= 11 is 0. The SMILES string of the molecule is CCCCOCCC(CCCC)C(=O)O. The quantitative estimate of drug-likeness (QED) is 0.571. The van der Waals surface area contributed by atoms with Gasteiger partial charge in [0.15, 0.2) is 0 Å². The maximum atomic E-state index is 10.9. The summed E-state index contributed by atoms with van der Waals surface area (Å²) in [6.07, 6.45) is 5.67. The number of hydrogen-bond acceptors (Lipinski definition) is 2. The molecule has 15 heavy (non-hydrogen) atoms. The number of ether oxygens (including phenoxy) is 1. The molecule has 0 bridgehead atoms. The smallest absolute Gasteiger partial charge is 0.306 e. The highest BCUT2D eigenvalue weighted by Crippen LogP contribution is 2.13. The van der Waals surface area contributed by atoms with Crippen LogP contribution in [0.1, 0.15) is 52.4 Å². The van der Waals surface area contributed by atoms with Crippen molar-refractivity contribution in [2.45, 2.75) is 52.4 Å². The number of rotatable bonds is 10. The fourth-order valence-corrected chi connectivity index (χ4v) is 1.42. The van der Waals surface area contributed by atoms with Crippen LogP contribution >= 0.6 is 0 Å². The Morgan fingerprint density at radius 3 is 2.33 bits per heavy atom. The fourth-order valence-electron chi connectivity index (χ4n) is 1.42. The van der Waals surface area contributed by atoms with E-state index in [2.05, 4.69) is 13.8 Å². The minimum absolute atomic E-state index is 0.216. The van der Waals surface area contributed by atoms with Gasteiger partial charge in [-0.2, -0.15) is 0 Å². The van der Waals surface area contributed by atoms with Gasteiger partial charge in [0, 0.05) is 13.2 Å². The average Bonchev–Trinajstić information content (AvgIpc) is 2.21. The van der Waals surface area contributed by atoms with Crippen LogP contribution in [0.3, 0.4) is 0 Å².